The van der Waals surface area contributed by atoms with E-state index in [4.69, 9.17) is 11.6 Å². The molecule has 0 fully saturated rings. The molecule has 100 valence electrons. The van der Waals surface area contributed by atoms with Gasteiger partial charge in [0, 0.05) is 5.54 Å². The number of carbonyl (C=O) groups is 1. The minimum atomic E-state index is -0.220. The van der Waals surface area contributed by atoms with Crippen molar-refractivity contribution in [1.82, 2.24) is 5.32 Å². The van der Waals surface area contributed by atoms with E-state index in [1.165, 1.54) is 16.7 Å². The maximum Gasteiger partial charge on any atom is 0.235 e. The minimum Gasteiger partial charge on any atom is -0.350 e. The number of aryl methyl sites for hydroxylation is 3. The number of benzene rings is 1. The molecule has 0 aliphatic heterocycles. The van der Waals surface area contributed by atoms with Gasteiger partial charge in [-0.1, -0.05) is 23.8 Å². The molecule has 0 radical (unpaired) electrons. The zero-order valence-corrected chi connectivity index (χ0v) is 12.4. The molecule has 0 saturated heterocycles. The van der Waals surface area contributed by atoms with E-state index in [-0.39, 0.29) is 17.3 Å². The van der Waals surface area contributed by atoms with Gasteiger partial charge in [-0.25, -0.2) is 0 Å². The predicted molar refractivity (Wildman–Crippen MR) is 77.2 cm³/mol. The largest absolute Gasteiger partial charge is 0.350 e. The molecule has 0 spiro atoms. The summed E-state index contributed by atoms with van der Waals surface area (Å²) in [6.45, 7) is 8.29. The molecule has 0 aromatic heterocycles. The summed E-state index contributed by atoms with van der Waals surface area (Å²) in [5, 5.41) is 2.94. The molecule has 0 aliphatic carbocycles. The Morgan fingerprint density at radius 3 is 2.61 bits per heavy atom. The second-order valence-corrected chi connectivity index (χ2v) is 5.76. The smallest absolute Gasteiger partial charge is 0.235 e. The van der Waals surface area contributed by atoms with E-state index in [0.717, 1.165) is 12.8 Å². The van der Waals surface area contributed by atoms with Crippen molar-refractivity contribution in [2.24, 2.45) is 0 Å². The molecule has 0 unspecified atom stereocenters. The highest BCUT2D eigenvalue weighted by Crippen LogP contribution is 2.17. The van der Waals surface area contributed by atoms with Gasteiger partial charge in [-0.15, -0.1) is 11.6 Å². The van der Waals surface area contributed by atoms with Gasteiger partial charge in [0.1, 0.15) is 5.88 Å². The molecule has 1 aromatic rings. The summed E-state index contributed by atoms with van der Waals surface area (Å²) in [4.78, 5) is 11.3. The van der Waals surface area contributed by atoms with Gasteiger partial charge in [0.25, 0.3) is 0 Å². The fraction of sp³-hybridized carbons (Fsp3) is 0.533. The number of rotatable bonds is 5. The van der Waals surface area contributed by atoms with Crippen LogP contribution in [0.3, 0.4) is 0 Å². The van der Waals surface area contributed by atoms with Crippen LogP contribution in [0.15, 0.2) is 18.2 Å². The Labute approximate surface area is 115 Å². The summed E-state index contributed by atoms with van der Waals surface area (Å²) >= 11 is 5.51. The van der Waals surface area contributed by atoms with Gasteiger partial charge < -0.3 is 5.32 Å². The molecule has 0 heterocycles. The van der Waals surface area contributed by atoms with Gasteiger partial charge in [-0.05, 0) is 51.7 Å². The Bertz CT molecular complexity index is 427. The van der Waals surface area contributed by atoms with Crippen LogP contribution in [0.2, 0.25) is 0 Å². The first-order valence-electron chi connectivity index (χ1n) is 6.27. The SMILES string of the molecule is Cc1ccc(C)c(CCC(C)(C)NC(=O)CCl)c1. The van der Waals surface area contributed by atoms with Crippen molar-refractivity contribution >= 4 is 17.5 Å². The Kier molecular flexibility index (Phi) is 5.21. The van der Waals surface area contributed by atoms with E-state index in [0.29, 0.717) is 0 Å². The van der Waals surface area contributed by atoms with Gasteiger partial charge in [0.2, 0.25) is 5.91 Å². The lowest BCUT2D eigenvalue weighted by molar-refractivity contribution is -0.120. The van der Waals surface area contributed by atoms with Crippen molar-refractivity contribution in [3.8, 4) is 0 Å². The zero-order chi connectivity index (χ0) is 13.8. The van der Waals surface area contributed by atoms with Gasteiger partial charge in [0.15, 0.2) is 0 Å². The van der Waals surface area contributed by atoms with E-state index in [1.807, 2.05) is 13.8 Å². The van der Waals surface area contributed by atoms with E-state index in [2.05, 4.69) is 37.4 Å². The second-order valence-electron chi connectivity index (χ2n) is 5.50. The van der Waals surface area contributed by atoms with Crippen molar-refractivity contribution < 1.29 is 4.79 Å². The quantitative estimate of drug-likeness (QED) is 0.815. The molecule has 1 aromatic carbocycles. The van der Waals surface area contributed by atoms with Gasteiger partial charge >= 0.3 is 0 Å². The third-order valence-electron chi connectivity index (χ3n) is 3.12. The summed E-state index contributed by atoms with van der Waals surface area (Å²) in [5.74, 6) is -0.0879. The Morgan fingerprint density at radius 2 is 2.00 bits per heavy atom. The maximum atomic E-state index is 11.3. The van der Waals surface area contributed by atoms with Crippen LogP contribution in [-0.2, 0) is 11.2 Å². The lowest BCUT2D eigenvalue weighted by atomic mass is 9.92. The molecule has 0 aliphatic rings. The highest BCUT2D eigenvalue weighted by Gasteiger charge is 2.19. The number of alkyl halides is 1. The van der Waals surface area contributed by atoms with Gasteiger partial charge in [-0.2, -0.15) is 0 Å². The molecule has 1 N–H and O–H groups in total. The summed E-state index contributed by atoms with van der Waals surface area (Å²) < 4.78 is 0. The standard InChI is InChI=1S/C15H22ClNO/c1-11-5-6-12(2)13(9-11)7-8-15(3,4)17-14(18)10-16/h5-6,9H,7-8,10H2,1-4H3,(H,17,18). The third kappa shape index (κ3) is 4.69. The van der Waals surface area contributed by atoms with Crippen LogP contribution in [0.1, 0.15) is 37.0 Å². The lowest BCUT2D eigenvalue weighted by Gasteiger charge is -2.26. The number of hydrogen-bond acceptors (Lipinski definition) is 1. The second kappa shape index (κ2) is 6.24. The minimum absolute atomic E-state index is 0.0207. The first-order chi connectivity index (χ1) is 8.34. The summed E-state index contributed by atoms with van der Waals surface area (Å²) in [6, 6.07) is 6.49. The number of hydrogen-bond donors (Lipinski definition) is 1. The summed E-state index contributed by atoms with van der Waals surface area (Å²) in [7, 11) is 0. The highest BCUT2D eigenvalue weighted by atomic mass is 35.5. The molecular formula is C15H22ClNO. The van der Waals surface area contributed by atoms with E-state index >= 15 is 0 Å². The summed E-state index contributed by atoms with van der Waals surface area (Å²) in [5.41, 5.74) is 3.71. The van der Waals surface area contributed by atoms with E-state index < -0.39 is 0 Å². The highest BCUT2D eigenvalue weighted by molar-refractivity contribution is 6.27. The van der Waals surface area contributed by atoms with Crippen molar-refractivity contribution in [3.05, 3.63) is 34.9 Å². The monoisotopic (exact) mass is 267 g/mol. The van der Waals surface area contributed by atoms with E-state index in [1.54, 1.807) is 0 Å². The fourth-order valence-corrected chi connectivity index (χ4v) is 2.06. The van der Waals surface area contributed by atoms with Crippen LogP contribution >= 0.6 is 11.6 Å². The van der Waals surface area contributed by atoms with Crippen molar-refractivity contribution in [2.75, 3.05) is 5.88 Å². The average Bonchev–Trinajstić information content (AvgIpc) is 2.30. The normalized spacial score (nSPS) is 11.4. The number of carbonyl (C=O) groups excluding carboxylic acids is 1. The maximum absolute atomic E-state index is 11.3. The molecule has 3 heteroatoms. The van der Waals surface area contributed by atoms with Crippen molar-refractivity contribution in [1.29, 1.82) is 0 Å². The molecule has 1 rings (SSSR count). The summed E-state index contributed by atoms with van der Waals surface area (Å²) in [6.07, 6.45) is 1.86. The zero-order valence-electron chi connectivity index (χ0n) is 11.6. The predicted octanol–water partition coefficient (Wildman–Crippen LogP) is 3.37. The van der Waals surface area contributed by atoms with Crippen LogP contribution in [-0.4, -0.2) is 17.3 Å². The molecule has 0 saturated carbocycles. The molecule has 0 atom stereocenters. The molecule has 1 amide bonds. The first kappa shape index (κ1) is 15.0. The van der Waals surface area contributed by atoms with Crippen molar-refractivity contribution in [3.63, 3.8) is 0 Å². The van der Waals surface area contributed by atoms with Crippen LogP contribution < -0.4 is 5.32 Å². The van der Waals surface area contributed by atoms with E-state index in [9.17, 15) is 4.79 Å². The fourth-order valence-electron chi connectivity index (χ4n) is 1.99. The van der Waals surface area contributed by atoms with Gasteiger partial charge in [-0.3, -0.25) is 4.79 Å². The Hall–Kier alpha value is -1.02. The van der Waals surface area contributed by atoms with Crippen LogP contribution in [0, 0.1) is 13.8 Å². The molecule has 2 nitrogen and oxygen atoms in total. The molecular weight excluding hydrogens is 246 g/mol. The first-order valence-corrected chi connectivity index (χ1v) is 6.80. The Balaban J connectivity index is 2.63. The average molecular weight is 268 g/mol. The topological polar surface area (TPSA) is 29.1 Å². The number of amides is 1. The van der Waals surface area contributed by atoms with Crippen molar-refractivity contribution in [2.45, 2.75) is 46.1 Å². The van der Waals surface area contributed by atoms with Crippen LogP contribution in [0.25, 0.3) is 0 Å². The van der Waals surface area contributed by atoms with Crippen LogP contribution in [0.4, 0.5) is 0 Å². The number of nitrogens with one attached hydrogen (secondary N) is 1. The number of halogens is 1. The Morgan fingerprint density at radius 1 is 1.33 bits per heavy atom. The van der Waals surface area contributed by atoms with Gasteiger partial charge in [0.05, 0.1) is 0 Å². The third-order valence-corrected chi connectivity index (χ3v) is 3.37. The molecule has 18 heavy (non-hydrogen) atoms. The molecule has 0 bridgehead atoms. The van der Waals surface area contributed by atoms with Crippen LogP contribution in [0.5, 0.6) is 0 Å². The lowest BCUT2D eigenvalue weighted by Crippen LogP contribution is -2.44.